The minimum absolute atomic E-state index is 0.0394. The van der Waals surface area contributed by atoms with Gasteiger partial charge in [-0.2, -0.15) is 0 Å². The third kappa shape index (κ3) is 3.86. The molecule has 1 aliphatic carbocycles. The van der Waals surface area contributed by atoms with E-state index in [1.165, 1.54) is 18.4 Å². The molecular formula is C14H20N2O. The van der Waals surface area contributed by atoms with E-state index in [4.69, 9.17) is 0 Å². The maximum Gasteiger partial charge on any atom is 0.238 e. The van der Waals surface area contributed by atoms with Crippen LogP contribution in [0.5, 0.6) is 0 Å². The Bertz CT molecular complexity index is 411. The Balaban J connectivity index is 1.79. The van der Waals surface area contributed by atoms with Crippen molar-refractivity contribution < 1.29 is 4.79 Å². The minimum atomic E-state index is 0.0394. The van der Waals surface area contributed by atoms with E-state index in [2.05, 4.69) is 23.6 Å². The first-order valence-electron chi connectivity index (χ1n) is 6.23. The standard InChI is InChI=1S/C14H20N2O/c1-10-3-6-13(11(2)7-10)16-14(17)9-15-8-12-4-5-12/h3,6-7,12,15H,4-5,8-9H2,1-2H3,(H,16,17). The predicted molar refractivity (Wildman–Crippen MR) is 70.1 cm³/mol. The Hall–Kier alpha value is -1.35. The molecule has 0 bridgehead atoms. The van der Waals surface area contributed by atoms with Crippen LogP contribution in [0.25, 0.3) is 0 Å². The quantitative estimate of drug-likeness (QED) is 0.817. The third-order valence-corrected chi connectivity index (χ3v) is 3.07. The number of aryl methyl sites for hydroxylation is 2. The van der Waals surface area contributed by atoms with Gasteiger partial charge in [0.05, 0.1) is 6.54 Å². The number of hydrogen-bond donors (Lipinski definition) is 2. The molecule has 0 heterocycles. The van der Waals surface area contributed by atoms with Crippen molar-refractivity contribution in [3.63, 3.8) is 0 Å². The Kier molecular flexibility index (Phi) is 3.79. The second kappa shape index (κ2) is 5.32. The first-order chi connectivity index (χ1) is 8.15. The van der Waals surface area contributed by atoms with Crippen molar-refractivity contribution in [1.29, 1.82) is 0 Å². The summed E-state index contributed by atoms with van der Waals surface area (Å²) in [5.74, 6) is 0.849. The summed E-state index contributed by atoms with van der Waals surface area (Å²) >= 11 is 0. The number of anilines is 1. The lowest BCUT2D eigenvalue weighted by molar-refractivity contribution is -0.115. The smallest absolute Gasteiger partial charge is 0.238 e. The van der Waals surface area contributed by atoms with E-state index in [9.17, 15) is 4.79 Å². The van der Waals surface area contributed by atoms with Crippen LogP contribution in [0.1, 0.15) is 24.0 Å². The summed E-state index contributed by atoms with van der Waals surface area (Å²) in [7, 11) is 0. The second-order valence-corrected chi connectivity index (χ2v) is 4.94. The van der Waals surface area contributed by atoms with Gasteiger partial charge >= 0.3 is 0 Å². The molecule has 0 radical (unpaired) electrons. The highest BCUT2D eigenvalue weighted by Crippen LogP contribution is 2.27. The molecule has 0 unspecified atom stereocenters. The lowest BCUT2D eigenvalue weighted by Gasteiger charge is -2.09. The predicted octanol–water partition coefficient (Wildman–Crippen LogP) is 2.24. The van der Waals surface area contributed by atoms with E-state index in [1.807, 2.05) is 19.1 Å². The van der Waals surface area contributed by atoms with Gasteiger partial charge in [-0.15, -0.1) is 0 Å². The maximum absolute atomic E-state index is 11.7. The van der Waals surface area contributed by atoms with Crippen LogP contribution in [0.4, 0.5) is 5.69 Å². The normalized spacial score (nSPS) is 14.7. The average Bonchev–Trinajstić information content (AvgIpc) is 3.06. The monoisotopic (exact) mass is 232 g/mol. The number of benzene rings is 1. The topological polar surface area (TPSA) is 41.1 Å². The highest BCUT2D eigenvalue weighted by molar-refractivity contribution is 5.92. The van der Waals surface area contributed by atoms with Crippen LogP contribution < -0.4 is 10.6 Å². The Morgan fingerprint density at radius 1 is 1.35 bits per heavy atom. The Labute approximate surface area is 103 Å². The zero-order valence-corrected chi connectivity index (χ0v) is 10.5. The van der Waals surface area contributed by atoms with E-state index in [-0.39, 0.29) is 5.91 Å². The van der Waals surface area contributed by atoms with Crippen molar-refractivity contribution in [3.8, 4) is 0 Å². The fourth-order valence-electron chi connectivity index (χ4n) is 1.86. The van der Waals surface area contributed by atoms with Gasteiger partial charge in [0.1, 0.15) is 0 Å². The fraction of sp³-hybridized carbons (Fsp3) is 0.500. The van der Waals surface area contributed by atoms with Crippen molar-refractivity contribution in [2.24, 2.45) is 5.92 Å². The molecule has 0 atom stereocenters. The zero-order valence-electron chi connectivity index (χ0n) is 10.5. The Morgan fingerprint density at radius 2 is 2.12 bits per heavy atom. The average molecular weight is 232 g/mol. The molecule has 0 spiro atoms. The number of amides is 1. The van der Waals surface area contributed by atoms with Gasteiger partial charge in [-0.25, -0.2) is 0 Å². The van der Waals surface area contributed by atoms with Crippen molar-refractivity contribution >= 4 is 11.6 Å². The molecule has 92 valence electrons. The van der Waals surface area contributed by atoms with Crippen molar-refractivity contribution in [2.45, 2.75) is 26.7 Å². The molecule has 0 saturated heterocycles. The van der Waals surface area contributed by atoms with Crippen LogP contribution in [0, 0.1) is 19.8 Å². The second-order valence-electron chi connectivity index (χ2n) is 4.94. The molecule has 1 amide bonds. The number of carbonyl (C=O) groups excluding carboxylic acids is 1. The number of rotatable bonds is 5. The molecule has 0 aliphatic heterocycles. The van der Waals surface area contributed by atoms with Crippen molar-refractivity contribution in [3.05, 3.63) is 29.3 Å². The molecule has 1 fully saturated rings. The molecule has 3 heteroatoms. The summed E-state index contributed by atoms with van der Waals surface area (Å²) < 4.78 is 0. The van der Waals surface area contributed by atoms with Gasteiger partial charge in [0, 0.05) is 5.69 Å². The Morgan fingerprint density at radius 3 is 2.76 bits per heavy atom. The molecule has 0 aromatic heterocycles. The molecule has 1 aromatic carbocycles. The minimum Gasteiger partial charge on any atom is -0.325 e. The number of carbonyl (C=O) groups is 1. The fourth-order valence-corrected chi connectivity index (χ4v) is 1.86. The summed E-state index contributed by atoms with van der Waals surface area (Å²) in [6, 6.07) is 6.05. The molecule has 1 aromatic rings. The van der Waals surface area contributed by atoms with Gasteiger partial charge in [-0.1, -0.05) is 17.7 Å². The number of hydrogen-bond acceptors (Lipinski definition) is 2. The van der Waals surface area contributed by atoms with Crippen LogP contribution in [0.3, 0.4) is 0 Å². The van der Waals surface area contributed by atoms with Gasteiger partial charge in [-0.3, -0.25) is 4.79 Å². The molecule has 1 saturated carbocycles. The lowest BCUT2D eigenvalue weighted by Crippen LogP contribution is -2.29. The first kappa shape index (κ1) is 12.1. The van der Waals surface area contributed by atoms with E-state index >= 15 is 0 Å². The number of nitrogens with one attached hydrogen (secondary N) is 2. The van der Waals surface area contributed by atoms with Gasteiger partial charge in [0.25, 0.3) is 0 Å². The SMILES string of the molecule is Cc1ccc(NC(=O)CNCC2CC2)c(C)c1. The van der Waals surface area contributed by atoms with Crippen LogP contribution in [-0.4, -0.2) is 19.0 Å². The zero-order chi connectivity index (χ0) is 12.3. The summed E-state index contributed by atoms with van der Waals surface area (Å²) in [6.07, 6.45) is 2.62. The first-order valence-corrected chi connectivity index (χ1v) is 6.23. The van der Waals surface area contributed by atoms with Gasteiger partial charge in [-0.05, 0) is 50.8 Å². The van der Waals surface area contributed by atoms with Gasteiger partial charge in [0.2, 0.25) is 5.91 Å². The maximum atomic E-state index is 11.7. The molecule has 3 nitrogen and oxygen atoms in total. The molecule has 1 aliphatic rings. The van der Waals surface area contributed by atoms with Crippen LogP contribution in [0.2, 0.25) is 0 Å². The van der Waals surface area contributed by atoms with E-state index < -0.39 is 0 Å². The van der Waals surface area contributed by atoms with Crippen LogP contribution in [-0.2, 0) is 4.79 Å². The summed E-state index contributed by atoms with van der Waals surface area (Å²) in [5.41, 5.74) is 3.24. The van der Waals surface area contributed by atoms with Crippen LogP contribution >= 0.6 is 0 Å². The summed E-state index contributed by atoms with van der Waals surface area (Å²) in [5, 5.41) is 6.12. The lowest BCUT2D eigenvalue weighted by atomic mass is 10.1. The van der Waals surface area contributed by atoms with Crippen LogP contribution in [0.15, 0.2) is 18.2 Å². The molecular weight excluding hydrogens is 212 g/mol. The summed E-state index contributed by atoms with van der Waals surface area (Å²) in [6.45, 7) is 5.44. The van der Waals surface area contributed by atoms with Gasteiger partial charge in [0.15, 0.2) is 0 Å². The van der Waals surface area contributed by atoms with Crippen molar-refractivity contribution in [1.82, 2.24) is 5.32 Å². The van der Waals surface area contributed by atoms with Crippen molar-refractivity contribution in [2.75, 3.05) is 18.4 Å². The third-order valence-electron chi connectivity index (χ3n) is 3.07. The molecule has 17 heavy (non-hydrogen) atoms. The van der Waals surface area contributed by atoms with E-state index in [1.54, 1.807) is 0 Å². The summed E-state index contributed by atoms with van der Waals surface area (Å²) in [4.78, 5) is 11.7. The highest BCUT2D eigenvalue weighted by Gasteiger charge is 2.20. The highest BCUT2D eigenvalue weighted by atomic mass is 16.1. The molecule has 2 rings (SSSR count). The van der Waals surface area contributed by atoms with Gasteiger partial charge < -0.3 is 10.6 Å². The molecule has 2 N–H and O–H groups in total. The largest absolute Gasteiger partial charge is 0.325 e. The van der Waals surface area contributed by atoms with E-state index in [0.717, 1.165) is 23.7 Å². The van der Waals surface area contributed by atoms with E-state index in [0.29, 0.717) is 6.54 Å².